The van der Waals surface area contributed by atoms with Crippen LogP contribution in [0.1, 0.15) is 25.0 Å². The van der Waals surface area contributed by atoms with Crippen LogP contribution in [0.2, 0.25) is 0 Å². The first-order valence-corrected chi connectivity index (χ1v) is 5.02. The van der Waals surface area contributed by atoms with Crippen molar-refractivity contribution in [2.45, 2.75) is 26.7 Å². The van der Waals surface area contributed by atoms with E-state index in [1.807, 2.05) is 0 Å². The summed E-state index contributed by atoms with van der Waals surface area (Å²) >= 11 is 0. The van der Waals surface area contributed by atoms with Gasteiger partial charge in [0.25, 0.3) is 0 Å². The van der Waals surface area contributed by atoms with Gasteiger partial charge in [0.05, 0.1) is 0 Å². The second-order valence-corrected chi connectivity index (χ2v) is 3.49. The number of hydrogen-bond donors (Lipinski definition) is 0. The van der Waals surface area contributed by atoms with Gasteiger partial charge in [-0.15, -0.1) is 34.5 Å². The second-order valence-electron chi connectivity index (χ2n) is 3.49. The maximum Gasteiger partial charge on any atom is 0 e. The quantitative estimate of drug-likeness (QED) is 0.529. The molecule has 0 fully saturated rings. The maximum atomic E-state index is 2.33. The molecule has 2 aromatic carbocycles. The summed E-state index contributed by atoms with van der Waals surface area (Å²) in [6, 6.07) is 11.2. The average Bonchev–Trinajstić information content (AvgIpc) is 2.59. The van der Waals surface area contributed by atoms with E-state index in [1.54, 1.807) is 0 Å². The average molecular weight is 380 g/mol. The minimum absolute atomic E-state index is 0. The zero-order valence-corrected chi connectivity index (χ0v) is 14.4. The van der Waals surface area contributed by atoms with Crippen LogP contribution in [-0.4, -0.2) is 0 Å². The second kappa shape index (κ2) is 7.89. The molecule has 0 amide bonds. The molecule has 0 saturated heterocycles. The van der Waals surface area contributed by atoms with Crippen molar-refractivity contribution in [3.05, 3.63) is 56.3 Å². The van der Waals surface area contributed by atoms with Crippen LogP contribution in [0.3, 0.4) is 0 Å². The molecule has 0 N–H and O–H groups in total. The maximum absolute atomic E-state index is 2.33. The Balaban J connectivity index is 0. The first-order valence-electron chi connectivity index (χ1n) is 5.02. The molecular weight excluding hydrogens is 359 g/mol. The van der Waals surface area contributed by atoms with E-state index in [9.17, 15) is 0 Å². The predicted octanol–water partition coefficient (Wildman–Crippen LogP) is 4.58. The molecule has 0 saturated carbocycles. The van der Waals surface area contributed by atoms with Crippen molar-refractivity contribution in [2.75, 3.05) is 0 Å². The molecule has 0 atom stereocenters. The van der Waals surface area contributed by atoms with Gasteiger partial charge in [-0.05, 0) is 12.8 Å². The summed E-state index contributed by atoms with van der Waals surface area (Å²) in [6.07, 6.45) is 2.27. The molecule has 0 aliphatic heterocycles. The van der Waals surface area contributed by atoms with E-state index >= 15 is 0 Å². The van der Waals surface area contributed by atoms with Gasteiger partial charge in [0.15, 0.2) is 0 Å². The van der Waals surface area contributed by atoms with Crippen LogP contribution in [0, 0.1) is 14.9 Å². The Kier molecular flexibility index (Phi) is 8.91. The van der Waals surface area contributed by atoms with Gasteiger partial charge in [0.2, 0.25) is 0 Å². The van der Waals surface area contributed by atoms with Gasteiger partial charge in [-0.2, -0.15) is 6.07 Å². The van der Waals surface area contributed by atoms with E-state index in [-0.39, 0.29) is 40.7 Å². The Hall–Kier alpha value is -0.300. The van der Waals surface area contributed by atoms with Crippen molar-refractivity contribution in [2.24, 2.45) is 0 Å². The zero-order chi connectivity index (χ0) is 9.26. The monoisotopic (exact) mass is 381 g/mol. The summed E-state index contributed by atoms with van der Waals surface area (Å²) in [5, 5.41) is 2.85. The normalized spacial score (nSPS) is 8.88. The Morgan fingerprint density at radius 2 is 1.75 bits per heavy atom. The summed E-state index contributed by atoms with van der Waals surface area (Å²) in [5.74, 6) is 0. The van der Waals surface area contributed by atoms with Gasteiger partial charge < -0.3 is 14.9 Å². The summed E-state index contributed by atoms with van der Waals surface area (Å²) in [7, 11) is 0. The third-order valence-electron chi connectivity index (χ3n) is 2.69. The van der Waals surface area contributed by atoms with Crippen molar-refractivity contribution in [3.63, 3.8) is 0 Å². The molecule has 0 spiro atoms. The van der Waals surface area contributed by atoms with E-state index in [2.05, 4.69) is 44.2 Å². The Labute approximate surface area is 119 Å². The molecule has 88 valence electrons. The number of hydrogen-bond acceptors (Lipinski definition) is 0. The number of aryl methyl sites for hydroxylation is 2. The van der Waals surface area contributed by atoms with Gasteiger partial charge in [0.1, 0.15) is 0 Å². The van der Waals surface area contributed by atoms with Gasteiger partial charge in [0, 0.05) is 25.8 Å². The van der Waals surface area contributed by atoms with Crippen LogP contribution in [0.15, 0.2) is 30.3 Å². The predicted molar refractivity (Wildman–Crippen MR) is 71.1 cm³/mol. The van der Waals surface area contributed by atoms with Crippen LogP contribution < -0.4 is 0 Å². The van der Waals surface area contributed by atoms with Crippen LogP contribution in [0.4, 0.5) is 0 Å². The van der Waals surface area contributed by atoms with Crippen molar-refractivity contribution in [3.8, 4) is 0 Å². The van der Waals surface area contributed by atoms with Gasteiger partial charge >= 0.3 is 0 Å². The molecule has 2 rings (SSSR count). The zero-order valence-electron chi connectivity index (χ0n) is 10.8. The fraction of sp³-hybridized carbons (Fsp3) is 0.267. The molecule has 0 nitrogen and oxygen atoms in total. The molecule has 0 unspecified atom stereocenters. The standard InChI is InChI=1S/C13H15.2CH3.Hf/c1-3-10-8-12-7-5-6-11(4-2)13(12)9-10;;;/h5-9H,3-4H2,1-2H3;2*1H3;/q3*-1;. The largest absolute Gasteiger partial charge is 0.358 e. The number of benzene rings is 1. The number of rotatable bonds is 2. The van der Waals surface area contributed by atoms with E-state index in [0.717, 1.165) is 12.8 Å². The fourth-order valence-electron chi connectivity index (χ4n) is 1.87. The van der Waals surface area contributed by atoms with Crippen LogP contribution >= 0.6 is 0 Å². The van der Waals surface area contributed by atoms with E-state index < -0.39 is 0 Å². The van der Waals surface area contributed by atoms with Crippen molar-refractivity contribution < 1.29 is 25.8 Å². The Morgan fingerprint density at radius 3 is 2.31 bits per heavy atom. The molecule has 0 aliphatic carbocycles. The van der Waals surface area contributed by atoms with Gasteiger partial charge in [-0.1, -0.05) is 25.5 Å². The minimum atomic E-state index is 0. The first-order chi connectivity index (χ1) is 6.35. The van der Waals surface area contributed by atoms with E-state index in [0.29, 0.717) is 0 Å². The van der Waals surface area contributed by atoms with Crippen molar-refractivity contribution in [1.29, 1.82) is 0 Å². The summed E-state index contributed by atoms with van der Waals surface area (Å²) in [6.45, 7) is 4.42. The van der Waals surface area contributed by atoms with Crippen LogP contribution in [0.5, 0.6) is 0 Å². The molecule has 1 heteroatoms. The molecular formula is C15H21Hf-3. The summed E-state index contributed by atoms with van der Waals surface area (Å²) in [5.41, 5.74) is 2.92. The molecule has 0 heterocycles. The summed E-state index contributed by atoms with van der Waals surface area (Å²) < 4.78 is 0. The molecule has 0 aromatic heterocycles. The SMILES string of the molecule is CCc1cc2c(CC)cccc2[cH-]1.[CH3-].[CH3-].[Hf]. The topological polar surface area (TPSA) is 0 Å². The molecule has 0 radical (unpaired) electrons. The molecule has 16 heavy (non-hydrogen) atoms. The van der Waals surface area contributed by atoms with Crippen LogP contribution in [-0.2, 0) is 38.7 Å². The van der Waals surface area contributed by atoms with E-state index in [1.165, 1.54) is 21.9 Å². The van der Waals surface area contributed by atoms with Crippen LogP contribution in [0.25, 0.3) is 10.8 Å². The van der Waals surface area contributed by atoms with E-state index in [4.69, 9.17) is 0 Å². The molecule has 0 bridgehead atoms. The molecule has 2 aromatic rings. The first kappa shape index (κ1) is 18.1. The van der Waals surface area contributed by atoms with Gasteiger partial charge in [-0.25, -0.2) is 0 Å². The summed E-state index contributed by atoms with van der Waals surface area (Å²) in [4.78, 5) is 0. The third kappa shape index (κ3) is 3.35. The fourth-order valence-corrected chi connectivity index (χ4v) is 1.87. The smallest absolute Gasteiger partial charge is 0 e. The van der Waals surface area contributed by atoms with Gasteiger partial charge in [-0.3, -0.25) is 0 Å². The van der Waals surface area contributed by atoms with Crippen molar-refractivity contribution in [1.82, 2.24) is 0 Å². The number of fused-ring (bicyclic) bond motifs is 1. The minimum Gasteiger partial charge on any atom is -0.358 e. The Morgan fingerprint density at radius 1 is 1.06 bits per heavy atom. The van der Waals surface area contributed by atoms with Crippen molar-refractivity contribution >= 4 is 10.8 Å². The Bertz CT molecular complexity index is 412. The third-order valence-corrected chi connectivity index (χ3v) is 2.69. The molecule has 0 aliphatic rings.